The Hall–Kier alpha value is -0.334. The molecule has 0 aromatic carbocycles. The number of carboxylic acids is 2. The lowest BCUT2D eigenvalue weighted by Gasteiger charge is -2.10. The van der Waals surface area contributed by atoms with Crippen LogP contribution in [0, 0.1) is 0 Å². The molecule has 0 radical (unpaired) electrons. The van der Waals surface area contributed by atoms with Crippen LogP contribution in [0.25, 0.3) is 0 Å². The number of rotatable bonds is 32. The van der Waals surface area contributed by atoms with Crippen molar-refractivity contribution < 1.29 is 24.9 Å². The second kappa shape index (κ2) is 40.7. The van der Waals surface area contributed by atoms with E-state index in [9.17, 15) is 14.7 Å². The number of hydrogen-bond acceptors (Lipinski definition) is 3. The number of aliphatic hydroxyl groups excluding tert-OH is 1. The summed E-state index contributed by atoms with van der Waals surface area (Å²) in [7, 11) is 0. The third-order valence-electron chi connectivity index (χ3n) is 8.06. The Morgan fingerprint density at radius 2 is 0.619 bits per heavy atom. The van der Waals surface area contributed by atoms with Crippen LogP contribution >= 0.6 is 0 Å². The zero-order valence-corrected chi connectivity index (χ0v) is 27.7. The van der Waals surface area contributed by atoms with Crippen LogP contribution in [0.4, 0.5) is 0 Å². The van der Waals surface area contributed by atoms with Crippen molar-refractivity contribution >= 4 is 35.0 Å². The van der Waals surface area contributed by atoms with E-state index in [2.05, 4.69) is 13.8 Å². The van der Waals surface area contributed by atoms with Crippen LogP contribution < -0.4 is 0 Å². The Labute approximate surface area is 277 Å². The van der Waals surface area contributed by atoms with E-state index in [0.29, 0.717) is 12.8 Å². The van der Waals surface area contributed by atoms with Gasteiger partial charge in [0.05, 0.1) is 6.10 Å². The first kappa shape index (κ1) is 46.1. The minimum atomic E-state index is -0.678. The van der Waals surface area contributed by atoms with Gasteiger partial charge in [0.15, 0.2) is 0 Å². The van der Waals surface area contributed by atoms with E-state index in [1.807, 2.05) is 0 Å². The smallest absolute Gasteiger partial charge is 0.316 e. The van der Waals surface area contributed by atoms with Crippen LogP contribution in [0.1, 0.15) is 213 Å². The molecular weight excluding hydrogens is 537 g/mol. The molecule has 0 bridgehead atoms. The summed E-state index contributed by atoms with van der Waals surface area (Å²) in [5.74, 6) is -1.33. The molecule has 0 saturated carbocycles. The molecule has 0 aliphatic carbocycles. The summed E-state index contributed by atoms with van der Waals surface area (Å²) in [6.45, 7) is 4.48. The van der Waals surface area contributed by atoms with Crippen LogP contribution in [-0.2, 0) is 9.59 Å². The lowest BCUT2D eigenvalue weighted by molar-refractivity contribution is -0.138. The van der Waals surface area contributed by atoms with E-state index < -0.39 is 11.9 Å². The van der Waals surface area contributed by atoms with E-state index in [4.69, 9.17) is 10.2 Å². The third-order valence-corrected chi connectivity index (χ3v) is 8.06. The molecule has 0 amide bonds. The second-order valence-corrected chi connectivity index (χ2v) is 12.4. The summed E-state index contributed by atoms with van der Waals surface area (Å²) in [5.41, 5.74) is 0. The predicted octanol–water partition coefficient (Wildman–Crippen LogP) is 10.7. The van der Waals surface area contributed by atoms with Crippen LogP contribution in [0.15, 0.2) is 0 Å². The van der Waals surface area contributed by atoms with Gasteiger partial charge in [-0.25, -0.2) is 0 Å². The molecule has 1 unspecified atom stereocenters. The largest absolute Gasteiger partial charge is 0.481 e. The van der Waals surface area contributed by atoms with Gasteiger partial charge in [0.25, 0.3) is 0 Å². The zero-order valence-electron chi connectivity index (χ0n) is 27.7. The maximum atomic E-state index is 10.3. The highest BCUT2D eigenvalue weighted by Crippen LogP contribution is 2.15. The minimum absolute atomic E-state index is 0. The summed E-state index contributed by atoms with van der Waals surface area (Å²) in [6, 6.07) is 0. The molecule has 0 spiro atoms. The Bertz CT molecular complexity index is 529. The van der Waals surface area contributed by atoms with Crippen molar-refractivity contribution in [1.29, 1.82) is 0 Å². The highest BCUT2D eigenvalue weighted by molar-refractivity contribution is 5.75. The van der Waals surface area contributed by atoms with Gasteiger partial charge in [0.2, 0.25) is 0 Å². The fourth-order valence-electron chi connectivity index (χ4n) is 5.32. The van der Waals surface area contributed by atoms with Gasteiger partial charge in [-0.2, -0.15) is 0 Å². The lowest BCUT2D eigenvalue weighted by Crippen LogP contribution is -2.05. The molecule has 0 heterocycles. The first-order valence-electron chi connectivity index (χ1n) is 18.1. The number of carboxylic acid groups (broad SMARTS) is 2. The number of unbranched alkanes of at least 4 members (excludes halogenated alkanes) is 24. The van der Waals surface area contributed by atoms with Gasteiger partial charge in [-0.15, -0.1) is 0 Å². The molecule has 42 heavy (non-hydrogen) atoms. The SMILES string of the molecule is CCCCCCC(O)CCCCCCCCCCC(=O)O.CCCCCCCCCCCCCCCCCC(=O)O.[MgH2]. The van der Waals surface area contributed by atoms with Crippen LogP contribution in [-0.4, -0.2) is 56.4 Å². The Balaban J connectivity index is -0.000000708. The monoisotopic (exact) mass is 611 g/mol. The Kier molecular flexibility index (Phi) is 44.6. The molecule has 5 nitrogen and oxygen atoms in total. The minimum Gasteiger partial charge on any atom is -0.481 e. The molecule has 0 aliphatic rings. The first-order chi connectivity index (χ1) is 19.9. The molecular formula is C36H74MgO5. The number of carbonyl (C=O) groups is 2. The van der Waals surface area contributed by atoms with Crippen LogP contribution in [0.3, 0.4) is 0 Å². The highest BCUT2D eigenvalue weighted by atomic mass is 24.3. The number of hydrogen-bond donors (Lipinski definition) is 3. The summed E-state index contributed by atoms with van der Waals surface area (Å²) >= 11 is 0. The molecule has 0 aromatic rings. The summed E-state index contributed by atoms with van der Waals surface area (Å²) in [5, 5.41) is 26.9. The first-order valence-corrected chi connectivity index (χ1v) is 18.1. The fraction of sp³-hybridized carbons (Fsp3) is 0.944. The van der Waals surface area contributed by atoms with Gasteiger partial charge in [0, 0.05) is 12.8 Å². The van der Waals surface area contributed by atoms with Crippen LogP contribution in [0.5, 0.6) is 0 Å². The van der Waals surface area contributed by atoms with Gasteiger partial charge < -0.3 is 15.3 Å². The number of aliphatic hydroxyl groups is 1. The third kappa shape index (κ3) is 46.6. The van der Waals surface area contributed by atoms with Crippen molar-refractivity contribution in [3.8, 4) is 0 Å². The highest BCUT2D eigenvalue weighted by Gasteiger charge is 2.03. The molecule has 0 aliphatic heterocycles. The van der Waals surface area contributed by atoms with Gasteiger partial charge >= 0.3 is 35.0 Å². The van der Waals surface area contributed by atoms with Gasteiger partial charge in [-0.1, -0.05) is 174 Å². The van der Waals surface area contributed by atoms with Crippen molar-refractivity contribution in [3.05, 3.63) is 0 Å². The van der Waals surface area contributed by atoms with Gasteiger partial charge in [-0.05, 0) is 25.7 Å². The van der Waals surface area contributed by atoms with Gasteiger partial charge in [-0.3, -0.25) is 9.59 Å². The fourth-order valence-corrected chi connectivity index (χ4v) is 5.32. The zero-order chi connectivity index (χ0) is 30.7. The average Bonchev–Trinajstić information content (AvgIpc) is 2.94. The molecule has 0 fully saturated rings. The van der Waals surface area contributed by atoms with Crippen molar-refractivity contribution in [2.75, 3.05) is 0 Å². The van der Waals surface area contributed by atoms with Crippen molar-refractivity contribution in [1.82, 2.24) is 0 Å². The number of aliphatic carboxylic acids is 2. The molecule has 1 atom stereocenters. The Morgan fingerprint density at radius 1 is 0.405 bits per heavy atom. The van der Waals surface area contributed by atoms with Crippen LogP contribution in [0.2, 0.25) is 0 Å². The lowest BCUT2D eigenvalue weighted by atomic mass is 10.0. The topological polar surface area (TPSA) is 94.8 Å². The molecule has 0 saturated heterocycles. The molecule has 0 aromatic heterocycles. The maximum absolute atomic E-state index is 10.3. The van der Waals surface area contributed by atoms with E-state index in [-0.39, 0.29) is 29.2 Å². The predicted molar refractivity (Wildman–Crippen MR) is 184 cm³/mol. The Morgan fingerprint density at radius 3 is 0.881 bits per heavy atom. The molecule has 3 N–H and O–H groups in total. The summed E-state index contributed by atoms with van der Waals surface area (Å²) in [6.07, 6.45) is 36.5. The summed E-state index contributed by atoms with van der Waals surface area (Å²) in [4.78, 5) is 20.7. The van der Waals surface area contributed by atoms with Crippen molar-refractivity contribution in [2.24, 2.45) is 0 Å². The average molecular weight is 611 g/mol. The van der Waals surface area contributed by atoms with E-state index >= 15 is 0 Å². The van der Waals surface area contributed by atoms with E-state index in [0.717, 1.165) is 51.4 Å². The van der Waals surface area contributed by atoms with E-state index in [1.54, 1.807) is 0 Å². The van der Waals surface area contributed by atoms with Crippen molar-refractivity contribution in [3.63, 3.8) is 0 Å². The quantitative estimate of drug-likeness (QED) is 0.0520. The molecule has 6 heteroatoms. The normalized spacial score (nSPS) is 11.4. The molecule has 0 rings (SSSR count). The van der Waals surface area contributed by atoms with E-state index in [1.165, 1.54) is 135 Å². The maximum Gasteiger partial charge on any atom is 0.316 e. The van der Waals surface area contributed by atoms with Gasteiger partial charge in [0.1, 0.15) is 0 Å². The van der Waals surface area contributed by atoms with Crippen molar-refractivity contribution in [2.45, 2.75) is 219 Å². The second-order valence-electron chi connectivity index (χ2n) is 12.4. The standard InChI is InChI=1S/C18H36O3.C18H36O2.Mg.2H/c1-2-3-4-11-14-17(19)15-12-9-7-5-6-8-10-13-16-18(20)21;1-2-3-4-5-6-7-8-9-10-11-12-13-14-15-16-17-18(19)20;;;/h17,19H,2-16H2,1H3,(H,20,21);2-17H2,1H3,(H,19,20);;;. The molecule has 250 valence electrons. The summed E-state index contributed by atoms with van der Waals surface area (Å²) < 4.78 is 0.